The van der Waals surface area contributed by atoms with Crippen molar-refractivity contribution in [2.45, 2.75) is 129 Å². The van der Waals surface area contributed by atoms with E-state index in [-0.39, 0.29) is 24.1 Å². The molecule has 2 unspecified atom stereocenters. The molecule has 0 heterocycles. The van der Waals surface area contributed by atoms with Crippen LogP contribution in [0.5, 0.6) is 0 Å². The molecule has 4 nitrogen and oxygen atoms in total. The molecule has 0 fully saturated rings. The lowest BCUT2D eigenvalue weighted by molar-refractivity contribution is -0.123. The van der Waals surface area contributed by atoms with Gasteiger partial charge in [0.25, 0.3) is 0 Å². The number of carbonyl (C=O) groups excluding carboxylic acids is 1. The summed E-state index contributed by atoms with van der Waals surface area (Å²) in [5, 5.41) is 3.01. The van der Waals surface area contributed by atoms with Crippen molar-refractivity contribution >= 4 is 13.8 Å². The molecule has 0 saturated carbocycles. The van der Waals surface area contributed by atoms with Crippen molar-refractivity contribution in [3.05, 3.63) is 0 Å². The maximum absolute atomic E-state index is 12.1. The zero-order valence-corrected chi connectivity index (χ0v) is 19.1. The summed E-state index contributed by atoms with van der Waals surface area (Å²) < 4.78 is 10.8. The van der Waals surface area contributed by atoms with Gasteiger partial charge in [-0.1, -0.05) is 84.0 Å². The van der Waals surface area contributed by atoms with E-state index in [0.717, 1.165) is 12.8 Å². The Hall–Kier alpha value is -0.545. The van der Waals surface area contributed by atoms with Gasteiger partial charge in [0, 0.05) is 19.5 Å². The van der Waals surface area contributed by atoms with Gasteiger partial charge in [0.05, 0.1) is 18.8 Å². The molecule has 1 amide bonds. The van der Waals surface area contributed by atoms with Crippen molar-refractivity contribution < 1.29 is 14.3 Å². The first-order chi connectivity index (χ1) is 13.5. The van der Waals surface area contributed by atoms with Crippen molar-refractivity contribution in [2.75, 3.05) is 13.7 Å². The minimum atomic E-state index is -0.374. The topological polar surface area (TPSA) is 47.6 Å². The highest BCUT2D eigenvalue weighted by atomic mass is 16.5. The fourth-order valence-corrected chi connectivity index (χ4v) is 3.46. The second-order valence-corrected chi connectivity index (χ2v) is 8.18. The molecule has 0 aromatic heterocycles. The lowest BCUT2D eigenvalue weighted by atomic mass is 10.0. The first-order valence-corrected chi connectivity index (χ1v) is 11.7. The average molecular weight is 395 g/mol. The third-order valence-electron chi connectivity index (χ3n) is 5.17. The highest BCUT2D eigenvalue weighted by molar-refractivity contribution is 6.10. The van der Waals surface area contributed by atoms with Crippen LogP contribution in [-0.4, -0.2) is 45.6 Å². The number of hydrogen-bond donors (Lipinski definition) is 1. The molecule has 1 N–H and O–H groups in total. The minimum absolute atomic E-state index is 0.0879. The molecular weight excluding hydrogens is 349 g/mol. The smallest absolute Gasteiger partial charge is 0.220 e. The number of ether oxygens (including phenoxy) is 2. The SMILES string of the molecule is [B]C(C)O[C@H](COC)C(C)NC(=O)CCCCCCCCCCCCCCC. The van der Waals surface area contributed by atoms with Gasteiger partial charge in [0.1, 0.15) is 7.85 Å². The van der Waals surface area contributed by atoms with Crippen molar-refractivity contribution in [1.29, 1.82) is 0 Å². The van der Waals surface area contributed by atoms with E-state index in [1.54, 1.807) is 14.0 Å². The molecule has 0 aliphatic rings. The molecular formula is C23H46BNO3. The fraction of sp³-hybridized carbons (Fsp3) is 0.957. The van der Waals surface area contributed by atoms with Crippen molar-refractivity contribution in [3.8, 4) is 0 Å². The van der Waals surface area contributed by atoms with Gasteiger partial charge in [-0.3, -0.25) is 4.79 Å². The van der Waals surface area contributed by atoms with Crippen LogP contribution in [0.3, 0.4) is 0 Å². The van der Waals surface area contributed by atoms with Gasteiger partial charge in [0.15, 0.2) is 0 Å². The van der Waals surface area contributed by atoms with E-state index in [9.17, 15) is 4.79 Å². The number of amides is 1. The Morgan fingerprint density at radius 3 is 1.75 bits per heavy atom. The zero-order chi connectivity index (χ0) is 21.0. The maximum atomic E-state index is 12.1. The second-order valence-electron chi connectivity index (χ2n) is 8.18. The number of methoxy groups -OCH3 is 1. The Bertz CT molecular complexity index is 353. The number of hydrogen-bond acceptors (Lipinski definition) is 3. The normalized spacial score (nSPS) is 14.6. The Kier molecular flexibility index (Phi) is 19.4. The monoisotopic (exact) mass is 395 g/mol. The number of unbranched alkanes of at least 4 members (excludes halogenated alkanes) is 12. The van der Waals surface area contributed by atoms with Gasteiger partial charge in [-0.25, -0.2) is 0 Å². The van der Waals surface area contributed by atoms with E-state index >= 15 is 0 Å². The molecule has 0 rings (SSSR count). The Morgan fingerprint density at radius 1 is 0.857 bits per heavy atom. The summed E-state index contributed by atoms with van der Waals surface area (Å²) in [6.45, 7) is 6.41. The Balaban J connectivity index is 3.56. The van der Waals surface area contributed by atoms with Crippen molar-refractivity contribution in [2.24, 2.45) is 0 Å². The molecule has 0 saturated heterocycles. The van der Waals surface area contributed by atoms with Crippen LogP contribution in [0.4, 0.5) is 0 Å². The first-order valence-electron chi connectivity index (χ1n) is 11.7. The Labute approximate surface area is 176 Å². The van der Waals surface area contributed by atoms with Crippen LogP contribution in [-0.2, 0) is 14.3 Å². The van der Waals surface area contributed by atoms with Gasteiger partial charge < -0.3 is 14.8 Å². The molecule has 3 atom stereocenters. The van der Waals surface area contributed by atoms with Crippen LogP contribution < -0.4 is 5.32 Å². The summed E-state index contributed by atoms with van der Waals surface area (Å²) in [7, 11) is 7.32. The van der Waals surface area contributed by atoms with Crippen LogP contribution in [0.1, 0.15) is 111 Å². The van der Waals surface area contributed by atoms with Crippen LogP contribution in [0.15, 0.2) is 0 Å². The van der Waals surface area contributed by atoms with Crippen LogP contribution in [0.25, 0.3) is 0 Å². The highest BCUT2D eigenvalue weighted by Gasteiger charge is 2.20. The van der Waals surface area contributed by atoms with Crippen LogP contribution in [0.2, 0.25) is 0 Å². The lowest BCUT2D eigenvalue weighted by Crippen LogP contribution is -2.45. The van der Waals surface area contributed by atoms with Gasteiger partial charge in [0.2, 0.25) is 5.91 Å². The quantitative estimate of drug-likeness (QED) is 0.218. The van der Waals surface area contributed by atoms with E-state index in [1.165, 1.54) is 70.6 Å². The van der Waals surface area contributed by atoms with Gasteiger partial charge in [-0.15, -0.1) is 0 Å². The van der Waals surface area contributed by atoms with E-state index in [0.29, 0.717) is 13.0 Å². The summed E-state index contributed by atoms with van der Waals surface area (Å²) >= 11 is 0. The summed E-state index contributed by atoms with van der Waals surface area (Å²) in [5.74, 6) is 0.0879. The van der Waals surface area contributed by atoms with E-state index in [1.807, 2.05) is 6.92 Å². The summed E-state index contributed by atoms with van der Waals surface area (Å²) in [5.41, 5.74) is 0. The van der Waals surface area contributed by atoms with E-state index in [2.05, 4.69) is 12.2 Å². The molecule has 0 bridgehead atoms. The molecule has 0 spiro atoms. The average Bonchev–Trinajstić information content (AvgIpc) is 2.64. The standard InChI is InChI=1S/C23H46BNO3/c1-5-6-7-8-9-10-11-12-13-14-15-16-17-18-23(26)25-20(2)22(19-27-4)28-21(3)24/h20-22H,5-19H2,1-4H3,(H,25,26)/t20?,21?,22-/m1/s1. The predicted octanol–water partition coefficient (Wildman–Crippen LogP) is 5.52. The molecule has 2 radical (unpaired) electrons. The summed E-state index contributed by atoms with van der Waals surface area (Å²) in [6, 6.07) is -0.485. The maximum Gasteiger partial charge on any atom is 0.220 e. The summed E-state index contributed by atoms with van der Waals surface area (Å²) in [6.07, 6.45) is 17.4. The number of nitrogens with one attached hydrogen (secondary N) is 1. The third-order valence-corrected chi connectivity index (χ3v) is 5.17. The number of carbonyl (C=O) groups is 1. The summed E-state index contributed by atoms with van der Waals surface area (Å²) in [4.78, 5) is 12.1. The molecule has 5 heteroatoms. The predicted molar refractivity (Wildman–Crippen MR) is 120 cm³/mol. The lowest BCUT2D eigenvalue weighted by Gasteiger charge is -2.26. The van der Waals surface area contributed by atoms with Gasteiger partial charge in [-0.05, 0) is 20.3 Å². The van der Waals surface area contributed by atoms with Crippen LogP contribution >= 0.6 is 0 Å². The molecule has 0 aliphatic heterocycles. The van der Waals surface area contributed by atoms with Gasteiger partial charge in [-0.2, -0.15) is 0 Å². The largest absolute Gasteiger partial charge is 0.382 e. The van der Waals surface area contributed by atoms with E-state index in [4.69, 9.17) is 17.3 Å². The molecule has 0 aromatic carbocycles. The first kappa shape index (κ1) is 27.5. The van der Waals surface area contributed by atoms with Crippen molar-refractivity contribution in [1.82, 2.24) is 5.32 Å². The number of rotatable bonds is 20. The molecule has 0 aromatic rings. The Morgan fingerprint density at radius 2 is 1.32 bits per heavy atom. The highest BCUT2D eigenvalue weighted by Crippen LogP contribution is 2.13. The van der Waals surface area contributed by atoms with Crippen LogP contribution in [0, 0.1) is 0 Å². The third kappa shape index (κ3) is 17.5. The molecule has 28 heavy (non-hydrogen) atoms. The second kappa shape index (κ2) is 19.8. The minimum Gasteiger partial charge on any atom is -0.382 e. The van der Waals surface area contributed by atoms with Crippen molar-refractivity contribution in [3.63, 3.8) is 0 Å². The molecule has 164 valence electrons. The van der Waals surface area contributed by atoms with Gasteiger partial charge >= 0.3 is 0 Å². The zero-order valence-electron chi connectivity index (χ0n) is 19.1. The van der Waals surface area contributed by atoms with E-state index < -0.39 is 0 Å². The fourth-order valence-electron chi connectivity index (χ4n) is 3.46. The molecule has 0 aliphatic carbocycles.